The van der Waals surface area contributed by atoms with Crippen LogP contribution in [0.25, 0.3) is 0 Å². The van der Waals surface area contributed by atoms with Crippen LogP contribution in [0, 0.1) is 0 Å². The SMILES string of the molecule is COC[C@@H](NC(=O)N1CCC[C@H](c2nccn2C)C1)c1ccccc1. The number of carbonyl (C=O) groups is 1. The fourth-order valence-electron chi connectivity index (χ4n) is 3.46. The van der Waals surface area contributed by atoms with E-state index in [1.807, 2.05) is 59.2 Å². The van der Waals surface area contributed by atoms with Crippen molar-refractivity contribution in [1.82, 2.24) is 19.8 Å². The van der Waals surface area contributed by atoms with E-state index in [-0.39, 0.29) is 18.0 Å². The number of amides is 2. The number of ether oxygens (including phenoxy) is 1. The van der Waals surface area contributed by atoms with E-state index in [1.165, 1.54) is 0 Å². The number of urea groups is 1. The summed E-state index contributed by atoms with van der Waals surface area (Å²) >= 11 is 0. The van der Waals surface area contributed by atoms with Crippen LogP contribution in [0.2, 0.25) is 0 Å². The van der Waals surface area contributed by atoms with Gasteiger partial charge in [0.1, 0.15) is 5.82 Å². The quantitative estimate of drug-likeness (QED) is 0.909. The molecule has 6 nitrogen and oxygen atoms in total. The Hall–Kier alpha value is -2.34. The van der Waals surface area contributed by atoms with Crippen LogP contribution in [0.3, 0.4) is 0 Å². The van der Waals surface area contributed by atoms with Crippen LogP contribution in [0.5, 0.6) is 0 Å². The van der Waals surface area contributed by atoms with Crippen molar-refractivity contribution >= 4 is 6.03 Å². The smallest absolute Gasteiger partial charge is 0.317 e. The molecule has 1 aromatic heterocycles. The van der Waals surface area contributed by atoms with Crippen molar-refractivity contribution in [3.05, 3.63) is 54.1 Å². The molecule has 0 bridgehead atoms. The van der Waals surface area contributed by atoms with E-state index >= 15 is 0 Å². The molecule has 1 N–H and O–H groups in total. The van der Waals surface area contributed by atoms with E-state index in [1.54, 1.807) is 7.11 Å². The maximum atomic E-state index is 12.8. The van der Waals surface area contributed by atoms with Crippen LogP contribution in [-0.4, -0.2) is 47.3 Å². The molecule has 2 aromatic rings. The van der Waals surface area contributed by atoms with Gasteiger partial charge >= 0.3 is 6.03 Å². The first kappa shape index (κ1) is 17.5. The van der Waals surface area contributed by atoms with Crippen molar-refractivity contribution < 1.29 is 9.53 Å². The zero-order chi connectivity index (χ0) is 17.6. The lowest BCUT2D eigenvalue weighted by atomic mass is 9.97. The van der Waals surface area contributed by atoms with E-state index in [4.69, 9.17) is 4.74 Å². The van der Waals surface area contributed by atoms with Gasteiger partial charge in [0.2, 0.25) is 0 Å². The van der Waals surface area contributed by atoms with Crippen LogP contribution in [0.1, 0.15) is 36.2 Å². The molecule has 1 aliphatic rings. The largest absolute Gasteiger partial charge is 0.382 e. The minimum Gasteiger partial charge on any atom is -0.382 e. The molecule has 0 saturated carbocycles. The molecule has 1 aromatic carbocycles. The molecule has 3 rings (SSSR count). The molecule has 0 aliphatic carbocycles. The molecule has 1 aliphatic heterocycles. The van der Waals surface area contributed by atoms with E-state index < -0.39 is 0 Å². The van der Waals surface area contributed by atoms with Gasteiger partial charge in [-0.25, -0.2) is 9.78 Å². The number of carbonyl (C=O) groups excluding carboxylic acids is 1. The molecule has 0 spiro atoms. The highest BCUT2D eigenvalue weighted by Crippen LogP contribution is 2.25. The van der Waals surface area contributed by atoms with E-state index in [9.17, 15) is 4.79 Å². The number of nitrogens with zero attached hydrogens (tertiary/aromatic N) is 3. The van der Waals surface area contributed by atoms with Gasteiger partial charge in [-0.05, 0) is 18.4 Å². The third kappa shape index (κ3) is 4.20. The number of hydrogen-bond acceptors (Lipinski definition) is 3. The molecule has 0 radical (unpaired) electrons. The summed E-state index contributed by atoms with van der Waals surface area (Å²) in [7, 11) is 3.66. The number of aryl methyl sites for hydroxylation is 1. The van der Waals surface area contributed by atoms with Gasteiger partial charge in [-0.3, -0.25) is 0 Å². The molecule has 2 atom stereocenters. The number of methoxy groups -OCH3 is 1. The standard InChI is InChI=1S/C19H26N4O2/c1-22-12-10-20-18(22)16-9-6-11-23(13-16)19(24)21-17(14-25-2)15-7-4-3-5-8-15/h3-5,7-8,10,12,16-17H,6,9,11,13-14H2,1-2H3,(H,21,24)/t16-,17+/m0/s1. The molecular weight excluding hydrogens is 316 g/mol. The maximum absolute atomic E-state index is 12.8. The van der Waals surface area contributed by atoms with Crippen molar-refractivity contribution in [2.75, 3.05) is 26.8 Å². The van der Waals surface area contributed by atoms with Crippen molar-refractivity contribution in [1.29, 1.82) is 0 Å². The number of hydrogen-bond donors (Lipinski definition) is 1. The van der Waals surface area contributed by atoms with E-state index in [2.05, 4.69) is 10.3 Å². The second-order valence-electron chi connectivity index (χ2n) is 6.55. The lowest BCUT2D eigenvalue weighted by Gasteiger charge is -2.33. The van der Waals surface area contributed by atoms with Gasteiger partial charge in [0, 0.05) is 45.6 Å². The number of nitrogens with one attached hydrogen (secondary N) is 1. The van der Waals surface area contributed by atoms with Gasteiger partial charge in [0.15, 0.2) is 0 Å². The Morgan fingerprint density at radius 1 is 1.40 bits per heavy atom. The fourth-order valence-corrected chi connectivity index (χ4v) is 3.46. The first-order valence-corrected chi connectivity index (χ1v) is 8.75. The number of likely N-dealkylation sites (tertiary alicyclic amines) is 1. The van der Waals surface area contributed by atoms with Crippen LogP contribution < -0.4 is 5.32 Å². The number of imidazole rings is 1. The summed E-state index contributed by atoms with van der Waals surface area (Å²) in [6.07, 6.45) is 5.83. The normalized spacial score (nSPS) is 18.8. The van der Waals surface area contributed by atoms with Gasteiger partial charge in [-0.2, -0.15) is 0 Å². The zero-order valence-corrected chi connectivity index (χ0v) is 14.9. The second kappa shape index (κ2) is 8.16. The van der Waals surface area contributed by atoms with Crippen molar-refractivity contribution in [2.45, 2.75) is 24.8 Å². The lowest BCUT2D eigenvalue weighted by Crippen LogP contribution is -2.47. The molecule has 2 heterocycles. The van der Waals surface area contributed by atoms with Gasteiger partial charge in [-0.15, -0.1) is 0 Å². The summed E-state index contributed by atoms with van der Waals surface area (Å²) in [5.41, 5.74) is 1.05. The second-order valence-corrected chi connectivity index (χ2v) is 6.55. The van der Waals surface area contributed by atoms with Gasteiger partial charge in [0.05, 0.1) is 12.6 Å². The predicted molar refractivity (Wildman–Crippen MR) is 96.3 cm³/mol. The maximum Gasteiger partial charge on any atom is 0.317 e. The average Bonchev–Trinajstić information content (AvgIpc) is 3.08. The predicted octanol–water partition coefficient (Wildman–Crippen LogP) is 2.70. The Kier molecular flexibility index (Phi) is 5.71. The van der Waals surface area contributed by atoms with Crippen LogP contribution in [0.4, 0.5) is 4.79 Å². The highest BCUT2D eigenvalue weighted by Gasteiger charge is 2.28. The van der Waals surface area contributed by atoms with Crippen molar-refractivity contribution in [3.8, 4) is 0 Å². The summed E-state index contributed by atoms with van der Waals surface area (Å²) in [6.45, 7) is 1.93. The summed E-state index contributed by atoms with van der Waals surface area (Å²) in [5.74, 6) is 1.34. The van der Waals surface area contributed by atoms with Crippen LogP contribution in [-0.2, 0) is 11.8 Å². The monoisotopic (exact) mass is 342 g/mol. The molecule has 2 amide bonds. The summed E-state index contributed by atoms with van der Waals surface area (Å²) < 4.78 is 7.34. The lowest BCUT2D eigenvalue weighted by molar-refractivity contribution is 0.147. The topological polar surface area (TPSA) is 59.4 Å². The van der Waals surface area contributed by atoms with Gasteiger partial charge < -0.3 is 19.5 Å². The zero-order valence-electron chi connectivity index (χ0n) is 14.9. The summed E-state index contributed by atoms with van der Waals surface area (Å²) in [4.78, 5) is 19.1. The van der Waals surface area contributed by atoms with Crippen LogP contribution in [0.15, 0.2) is 42.7 Å². The van der Waals surface area contributed by atoms with E-state index in [0.717, 1.165) is 30.8 Å². The molecule has 1 saturated heterocycles. The van der Waals surface area contributed by atoms with Crippen molar-refractivity contribution in [3.63, 3.8) is 0 Å². The summed E-state index contributed by atoms with van der Waals surface area (Å²) in [5, 5.41) is 3.12. The molecule has 25 heavy (non-hydrogen) atoms. The third-order valence-electron chi connectivity index (χ3n) is 4.77. The average molecular weight is 342 g/mol. The minimum atomic E-state index is -0.146. The third-order valence-corrected chi connectivity index (χ3v) is 4.77. The molecule has 6 heteroatoms. The minimum absolute atomic E-state index is 0.0372. The molecular formula is C19H26N4O2. The van der Waals surface area contributed by atoms with Gasteiger partial charge in [-0.1, -0.05) is 30.3 Å². The number of aromatic nitrogens is 2. The Morgan fingerprint density at radius 2 is 2.20 bits per heavy atom. The van der Waals surface area contributed by atoms with Crippen LogP contribution >= 0.6 is 0 Å². The highest BCUT2D eigenvalue weighted by atomic mass is 16.5. The Morgan fingerprint density at radius 3 is 2.88 bits per heavy atom. The number of piperidine rings is 1. The first-order chi connectivity index (χ1) is 12.2. The molecule has 134 valence electrons. The number of rotatable bonds is 5. The Labute approximate surface area is 148 Å². The summed E-state index contributed by atoms with van der Waals surface area (Å²) in [6, 6.07) is 9.76. The number of benzene rings is 1. The fraction of sp³-hybridized carbons (Fsp3) is 0.474. The van der Waals surface area contributed by atoms with E-state index in [0.29, 0.717) is 13.2 Å². The molecule has 0 unspecified atom stereocenters. The van der Waals surface area contributed by atoms with Gasteiger partial charge in [0.25, 0.3) is 0 Å². The van der Waals surface area contributed by atoms with Crippen molar-refractivity contribution in [2.24, 2.45) is 7.05 Å². The molecule has 1 fully saturated rings. The Balaban J connectivity index is 1.66. The first-order valence-electron chi connectivity index (χ1n) is 8.75. The highest BCUT2D eigenvalue weighted by molar-refractivity contribution is 5.75. The Bertz CT molecular complexity index is 686.